The summed E-state index contributed by atoms with van der Waals surface area (Å²) < 4.78 is 44.6. The Balaban J connectivity index is 1.30. The van der Waals surface area contributed by atoms with Crippen LogP contribution in [0.15, 0.2) is 18.2 Å². The van der Waals surface area contributed by atoms with Crippen molar-refractivity contribution in [2.75, 3.05) is 13.1 Å². The van der Waals surface area contributed by atoms with Crippen molar-refractivity contribution in [3.63, 3.8) is 0 Å². The Hall–Kier alpha value is -1.76. The third kappa shape index (κ3) is 3.61. The molecule has 2 saturated carbocycles. The van der Waals surface area contributed by atoms with Gasteiger partial charge in [0.25, 0.3) is 0 Å². The van der Waals surface area contributed by atoms with Gasteiger partial charge in [-0.25, -0.2) is 0 Å². The number of benzene rings is 1. The third-order valence-electron chi connectivity index (χ3n) is 6.55. The van der Waals surface area contributed by atoms with Crippen LogP contribution in [0, 0.1) is 18.3 Å². The van der Waals surface area contributed by atoms with Gasteiger partial charge in [0, 0.05) is 24.4 Å². The van der Waals surface area contributed by atoms with Gasteiger partial charge in [-0.05, 0) is 69.7 Å². The molecule has 4 nitrogen and oxygen atoms in total. The Labute approximate surface area is 162 Å². The first-order valence-electron chi connectivity index (χ1n) is 9.82. The summed E-state index contributed by atoms with van der Waals surface area (Å²) in [5.41, 5.74) is -1.09. The van der Waals surface area contributed by atoms with E-state index >= 15 is 0 Å². The predicted octanol–water partition coefficient (Wildman–Crippen LogP) is 3.93. The number of likely N-dealkylation sites (tertiary alicyclic amines) is 1. The quantitative estimate of drug-likeness (QED) is 0.841. The van der Waals surface area contributed by atoms with Gasteiger partial charge in [-0.3, -0.25) is 4.79 Å². The lowest BCUT2D eigenvalue weighted by molar-refractivity contribution is -0.161. The van der Waals surface area contributed by atoms with E-state index in [0.29, 0.717) is 18.6 Å². The van der Waals surface area contributed by atoms with Gasteiger partial charge < -0.3 is 14.7 Å². The molecule has 4 rings (SSSR count). The van der Waals surface area contributed by atoms with Crippen molar-refractivity contribution in [1.82, 2.24) is 4.90 Å². The highest BCUT2D eigenvalue weighted by Gasteiger charge is 2.53. The molecule has 1 spiro atoms. The summed E-state index contributed by atoms with van der Waals surface area (Å²) in [6.45, 7) is 4.64. The van der Waals surface area contributed by atoms with Crippen LogP contribution in [0.25, 0.3) is 0 Å². The zero-order chi connectivity index (χ0) is 20.3. The fraction of sp³-hybridized carbons (Fsp3) is 0.667. The average Bonchev–Trinajstić information content (AvgIpc) is 2.93. The predicted molar refractivity (Wildman–Crippen MR) is 96.8 cm³/mol. The molecule has 1 saturated heterocycles. The third-order valence-corrected chi connectivity index (χ3v) is 6.55. The molecule has 1 aromatic rings. The first-order valence-corrected chi connectivity index (χ1v) is 9.82. The van der Waals surface area contributed by atoms with Crippen molar-refractivity contribution < 1.29 is 27.8 Å². The molecule has 1 atom stereocenters. The van der Waals surface area contributed by atoms with Crippen LogP contribution < -0.4 is 4.74 Å². The second-order valence-electron chi connectivity index (χ2n) is 9.25. The number of carbonyl (C=O) groups excluding carboxylic acids is 1. The number of rotatable bonds is 3. The molecule has 0 radical (unpaired) electrons. The second-order valence-corrected chi connectivity index (χ2v) is 9.25. The van der Waals surface area contributed by atoms with Gasteiger partial charge in [0.15, 0.2) is 0 Å². The maximum absolute atomic E-state index is 12.9. The van der Waals surface area contributed by atoms with E-state index in [1.807, 2.05) is 4.90 Å². The number of alkyl halides is 3. The molecular formula is C21H26F3NO3. The fourth-order valence-corrected chi connectivity index (χ4v) is 5.12. The van der Waals surface area contributed by atoms with E-state index in [-0.39, 0.29) is 28.9 Å². The number of carbonyl (C=O) groups is 1. The number of ether oxygens (including phenoxy) is 1. The lowest BCUT2D eigenvalue weighted by Gasteiger charge is -2.51. The first-order chi connectivity index (χ1) is 13.0. The van der Waals surface area contributed by atoms with Gasteiger partial charge in [-0.2, -0.15) is 13.2 Å². The summed E-state index contributed by atoms with van der Waals surface area (Å²) in [6.07, 6.45) is -0.681. The molecule has 7 heteroatoms. The van der Waals surface area contributed by atoms with Gasteiger partial charge in [0.05, 0.1) is 17.3 Å². The van der Waals surface area contributed by atoms with Crippen LogP contribution in [0.3, 0.4) is 0 Å². The minimum Gasteiger partial charge on any atom is -0.490 e. The average molecular weight is 397 g/mol. The Bertz CT molecular complexity index is 776. The lowest BCUT2D eigenvalue weighted by Crippen LogP contribution is -2.61. The Morgan fingerprint density at radius 2 is 1.93 bits per heavy atom. The summed E-state index contributed by atoms with van der Waals surface area (Å²) in [5, 5.41) is 9.82. The van der Waals surface area contributed by atoms with E-state index in [1.165, 1.54) is 19.1 Å². The van der Waals surface area contributed by atoms with Crippen LogP contribution in [-0.4, -0.2) is 40.7 Å². The van der Waals surface area contributed by atoms with Crippen LogP contribution in [0.1, 0.15) is 50.2 Å². The molecule has 1 heterocycles. The molecular weight excluding hydrogens is 371 g/mol. The van der Waals surface area contributed by atoms with Crippen molar-refractivity contribution in [3.05, 3.63) is 29.3 Å². The molecule has 1 unspecified atom stereocenters. The van der Waals surface area contributed by atoms with Crippen LogP contribution in [-0.2, 0) is 11.0 Å². The van der Waals surface area contributed by atoms with Crippen molar-refractivity contribution in [2.24, 2.45) is 11.3 Å². The number of nitrogens with zero attached hydrogens (tertiary/aromatic N) is 1. The van der Waals surface area contributed by atoms with Gasteiger partial charge >= 0.3 is 6.18 Å². The smallest absolute Gasteiger partial charge is 0.416 e. The molecule has 1 aliphatic heterocycles. The second kappa shape index (κ2) is 6.37. The molecule has 1 N–H and O–H groups in total. The number of hydrogen-bond donors (Lipinski definition) is 1. The number of aryl methyl sites for hydroxylation is 1. The van der Waals surface area contributed by atoms with Gasteiger partial charge in [0.1, 0.15) is 5.75 Å². The standard InChI is InChI=1S/C21H26F3NO3/c1-13-7-15(3-4-17(13)21(22,23)24)28-16-5-6-20(10-16)11-25(12-20)18(26)14-8-19(2,27)9-14/h3-4,7,14,16,27H,5-6,8-12H2,1-2H3/t14-,16?,19+. The van der Waals surface area contributed by atoms with Crippen LogP contribution in [0.5, 0.6) is 5.75 Å². The van der Waals surface area contributed by atoms with E-state index in [4.69, 9.17) is 4.74 Å². The zero-order valence-electron chi connectivity index (χ0n) is 16.2. The summed E-state index contributed by atoms with van der Waals surface area (Å²) in [4.78, 5) is 14.3. The molecule has 1 aromatic carbocycles. The van der Waals surface area contributed by atoms with Gasteiger partial charge in [0.2, 0.25) is 5.91 Å². The summed E-state index contributed by atoms with van der Waals surface area (Å²) in [7, 11) is 0. The highest BCUT2D eigenvalue weighted by atomic mass is 19.4. The Morgan fingerprint density at radius 3 is 2.50 bits per heavy atom. The molecule has 28 heavy (non-hydrogen) atoms. The molecule has 1 amide bonds. The van der Waals surface area contributed by atoms with Crippen LogP contribution in [0.2, 0.25) is 0 Å². The largest absolute Gasteiger partial charge is 0.490 e. The summed E-state index contributed by atoms with van der Waals surface area (Å²) in [6, 6.07) is 3.92. The topological polar surface area (TPSA) is 49.8 Å². The molecule has 154 valence electrons. The van der Waals surface area contributed by atoms with Crippen molar-refractivity contribution in [2.45, 2.75) is 63.8 Å². The van der Waals surface area contributed by atoms with Gasteiger partial charge in [-0.15, -0.1) is 0 Å². The Kier molecular flexibility index (Phi) is 4.45. The molecule has 0 aromatic heterocycles. The Morgan fingerprint density at radius 1 is 1.25 bits per heavy atom. The summed E-state index contributed by atoms with van der Waals surface area (Å²) in [5.74, 6) is 0.548. The van der Waals surface area contributed by atoms with Crippen molar-refractivity contribution >= 4 is 5.91 Å². The normalized spacial score (nSPS) is 31.4. The van der Waals surface area contributed by atoms with Crippen molar-refractivity contribution in [1.29, 1.82) is 0 Å². The molecule has 3 aliphatic rings. The van der Waals surface area contributed by atoms with E-state index in [9.17, 15) is 23.1 Å². The highest BCUT2D eigenvalue weighted by molar-refractivity contribution is 5.81. The first kappa shape index (κ1) is 19.6. The number of hydrogen-bond acceptors (Lipinski definition) is 3. The molecule has 3 fully saturated rings. The maximum Gasteiger partial charge on any atom is 0.416 e. The van der Waals surface area contributed by atoms with Gasteiger partial charge in [-0.1, -0.05) is 0 Å². The number of amides is 1. The SMILES string of the molecule is Cc1cc(OC2CCC3(C2)CN(C(=O)[C@H]2C[C@@](C)(O)C2)C3)ccc1C(F)(F)F. The minimum atomic E-state index is -4.35. The van der Waals surface area contributed by atoms with Crippen LogP contribution >= 0.6 is 0 Å². The molecule has 2 aliphatic carbocycles. The van der Waals surface area contributed by atoms with E-state index < -0.39 is 17.3 Å². The zero-order valence-corrected chi connectivity index (χ0v) is 16.2. The highest BCUT2D eigenvalue weighted by Crippen LogP contribution is 2.49. The fourth-order valence-electron chi connectivity index (χ4n) is 5.12. The minimum absolute atomic E-state index is 0.0298. The lowest BCUT2D eigenvalue weighted by atomic mass is 9.70. The summed E-state index contributed by atoms with van der Waals surface area (Å²) >= 11 is 0. The number of aliphatic hydroxyl groups is 1. The maximum atomic E-state index is 12.9. The van der Waals surface area contributed by atoms with E-state index in [1.54, 1.807) is 6.92 Å². The number of halogens is 3. The monoisotopic (exact) mass is 397 g/mol. The van der Waals surface area contributed by atoms with Crippen LogP contribution in [0.4, 0.5) is 13.2 Å². The molecule has 0 bridgehead atoms. The van der Waals surface area contributed by atoms with Crippen molar-refractivity contribution in [3.8, 4) is 5.75 Å². The van der Waals surface area contributed by atoms with E-state index in [2.05, 4.69) is 0 Å². The van der Waals surface area contributed by atoms with E-state index in [0.717, 1.165) is 38.4 Å².